The number of carbonyl (C=O) groups excluding carboxylic acids is 2. The zero-order valence-corrected chi connectivity index (χ0v) is 20.0. The van der Waals surface area contributed by atoms with Crippen molar-refractivity contribution >= 4 is 30.8 Å². The van der Waals surface area contributed by atoms with Gasteiger partial charge in [0.25, 0.3) is 8.32 Å². The van der Waals surface area contributed by atoms with Gasteiger partial charge in [-0.2, -0.15) is 0 Å². The first kappa shape index (κ1) is 23.8. The van der Waals surface area contributed by atoms with Crippen molar-refractivity contribution in [3.8, 4) is 0 Å². The molecule has 1 fully saturated rings. The topological polar surface area (TPSA) is 73.9 Å². The number of hydrogen-bond donors (Lipinski definition) is 1. The normalized spacial score (nSPS) is 19.6. The monoisotopic (exact) mass is 453 g/mol. The van der Waals surface area contributed by atoms with Gasteiger partial charge in [-0.15, -0.1) is 0 Å². The summed E-state index contributed by atoms with van der Waals surface area (Å²) in [4.78, 5) is 23.6. The third-order valence-corrected chi connectivity index (χ3v) is 10.7. The molecule has 1 amide bonds. The van der Waals surface area contributed by atoms with E-state index in [0.717, 1.165) is 10.4 Å². The van der Waals surface area contributed by atoms with Crippen LogP contribution in [0.4, 0.5) is 4.79 Å². The number of esters is 1. The van der Waals surface area contributed by atoms with E-state index in [1.54, 1.807) is 0 Å². The smallest absolute Gasteiger partial charge is 0.408 e. The van der Waals surface area contributed by atoms with Gasteiger partial charge in [-0.1, -0.05) is 88.0 Å². The van der Waals surface area contributed by atoms with Crippen LogP contribution in [0.15, 0.2) is 73.3 Å². The summed E-state index contributed by atoms with van der Waals surface area (Å²) in [6.45, 7) is 11.8. The van der Waals surface area contributed by atoms with Gasteiger partial charge in [0.2, 0.25) is 0 Å². The minimum Gasteiger partial charge on any atom is -0.454 e. The predicted molar refractivity (Wildman–Crippen MR) is 127 cm³/mol. The summed E-state index contributed by atoms with van der Waals surface area (Å²) in [5, 5.41) is 4.89. The third-order valence-electron chi connectivity index (χ3n) is 5.70. The molecule has 2 aromatic carbocycles. The molecule has 3 rings (SSSR count). The number of carbonyl (C=O) groups is 2. The van der Waals surface area contributed by atoms with Gasteiger partial charge in [-0.05, 0) is 21.5 Å². The van der Waals surface area contributed by atoms with Crippen molar-refractivity contribution in [1.29, 1.82) is 0 Å². The quantitative estimate of drug-likeness (QED) is 0.378. The summed E-state index contributed by atoms with van der Waals surface area (Å²) in [5.74, 6) is -0.468. The minimum atomic E-state index is -2.79. The van der Waals surface area contributed by atoms with Gasteiger partial charge in [-0.25, -0.2) is 4.79 Å². The summed E-state index contributed by atoms with van der Waals surface area (Å²) in [7, 11) is -2.79. The Balaban J connectivity index is 1.99. The van der Waals surface area contributed by atoms with Crippen LogP contribution >= 0.6 is 0 Å². The molecule has 0 aromatic heterocycles. The summed E-state index contributed by atoms with van der Waals surface area (Å²) in [5.41, 5.74) is 0. The van der Waals surface area contributed by atoms with Crippen molar-refractivity contribution in [2.75, 3.05) is 6.61 Å². The molecule has 7 heteroatoms. The average molecular weight is 454 g/mol. The maximum Gasteiger partial charge on any atom is 0.408 e. The molecule has 0 unspecified atom stereocenters. The molecule has 3 atom stereocenters. The van der Waals surface area contributed by atoms with E-state index in [2.05, 4.69) is 56.9 Å². The van der Waals surface area contributed by atoms with Gasteiger partial charge < -0.3 is 19.2 Å². The second kappa shape index (κ2) is 9.71. The Morgan fingerprint density at radius 3 is 2.09 bits per heavy atom. The summed E-state index contributed by atoms with van der Waals surface area (Å²) >= 11 is 0. The molecule has 0 aliphatic carbocycles. The van der Waals surface area contributed by atoms with Crippen molar-refractivity contribution < 1.29 is 23.5 Å². The van der Waals surface area contributed by atoms with Crippen molar-refractivity contribution in [2.45, 2.75) is 51.0 Å². The van der Waals surface area contributed by atoms with E-state index in [1.807, 2.05) is 36.4 Å². The lowest BCUT2D eigenvalue weighted by Gasteiger charge is -2.43. The zero-order chi connectivity index (χ0) is 23.4. The maximum atomic E-state index is 12.1. The Labute approximate surface area is 190 Å². The lowest BCUT2D eigenvalue weighted by Crippen LogP contribution is -2.67. The molecule has 0 radical (unpaired) electrons. The van der Waals surface area contributed by atoms with Gasteiger partial charge in [0.15, 0.2) is 12.2 Å². The van der Waals surface area contributed by atoms with Crippen LogP contribution in [0.1, 0.15) is 27.7 Å². The fourth-order valence-electron chi connectivity index (χ4n) is 4.32. The molecular weight excluding hydrogens is 422 g/mol. The molecule has 0 bridgehead atoms. The second-order valence-corrected chi connectivity index (χ2v) is 13.2. The van der Waals surface area contributed by atoms with Gasteiger partial charge in [0, 0.05) is 6.92 Å². The summed E-state index contributed by atoms with van der Waals surface area (Å²) < 4.78 is 17.6. The van der Waals surface area contributed by atoms with Gasteiger partial charge >= 0.3 is 12.1 Å². The first-order valence-corrected chi connectivity index (χ1v) is 12.6. The average Bonchev–Trinajstić information content (AvgIpc) is 3.13. The van der Waals surface area contributed by atoms with Crippen molar-refractivity contribution in [2.24, 2.45) is 0 Å². The molecular formula is C25H31NO5Si. The molecule has 0 saturated carbocycles. The number of ether oxygens (including phenoxy) is 2. The Bertz CT molecular complexity index is 902. The largest absolute Gasteiger partial charge is 0.454 e. The first-order valence-electron chi connectivity index (χ1n) is 10.7. The molecule has 6 nitrogen and oxygen atoms in total. The van der Waals surface area contributed by atoms with Crippen LogP contribution < -0.4 is 15.7 Å². The van der Waals surface area contributed by atoms with Crippen molar-refractivity contribution in [3.05, 3.63) is 73.3 Å². The van der Waals surface area contributed by atoms with E-state index in [1.165, 1.54) is 13.0 Å². The van der Waals surface area contributed by atoms with Crippen molar-refractivity contribution in [1.82, 2.24) is 5.32 Å². The van der Waals surface area contributed by atoms with E-state index < -0.39 is 38.6 Å². The summed E-state index contributed by atoms with van der Waals surface area (Å²) in [6.07, 6.45) is -0.575. The molecule has 32 heavy (non-hydrogen) atoms. The van der Waals surface area contributed by atoms with Crippen molar-refractivity contribution in [3.63, 3.8) is 0 Å². The highest BCUT2D eigenvalue weighted by molar-refractivity contribution is 6.99. The maximum absolute atomic E-state index is 12.1. The number of hydrogen-bond acceptors (Lipinski definition) is 5. The number of cyclic esters (lactones) is 1. The Kier molecular flexibility index (Phi) is 7.21. The SMILES string of the molecule is C=C[C@@H](OC(C)=O)[C@@H]1OC(=O)N[C@H]1CO[Si](c1ccccc1)(c1ccccc1)C(C)(C)C. The molecule has 1 aliphatic heterocycles. The fraction of sp³-hybridized carbons (Fsp3) is 0.360. The summed E-state index contributed by atoms with van der Waals surface area (Å²) in [6, 6.07) is 20.0. The molecule has 1 heterocycles. The Morgan fingerprint density at radius 2 is 1.66 bits per heavy atom. The van der Waals surface area contributed by atoms with E-state index in [0.29, 0.717) is 0 Å². The van der Waals surface area contributed by atoms with Crippen LogP contribution in [0.3, 0.4) is 0 Å². The van der Waals surface area contributed by atoms with Crippen LogP contribution in [0.2, 0.25) is 5.04 Å². The molecule has 170 valence electrons. The number of benzene rings is 2. The molecule has 1 saturated heterocycles. The first-order chi connectivity index (χ1) is 15.2. The lowest BCUT2D eigenvalue weighted by molar-refractivity contribution is -0.148. The van der Waals surface area contributed by atoms with Crippen LogP contribution in [0.25, 0.3) is 0 Å². The van der Waals surface area contributed by atoms with E-state index in [9.17, 15) is 9.59 Å². The standard InChI is InChI=1S/C25H31NO5Si/c1-6-22(30-18(2)27)23-21(26-24(28)31-23)17-29-32(25(3,4)5,19-13-9-7-10-14-19)20-15-11-8-12-16-20/h6-16,21-23H,1,17H2,2-5H3,(H,26,28)/t21-,22+,23+/m0/s1. The second-order valence-electron chi connectivity index (χ2n) is 8.90. The molecule has 0 spiro atoms. The van der Waals surface area contributed by atoms with Crippen LogP contribution in [0.5, 0.6) is 0 Å². The third kappa shape index (κ3) is 4.79. The highest BCUT2D eigenvalue weighted by atomic mass is 28.4. The lowest BCUT2D eigenvalue weighted by atomic mass is 10.1. The van der Waals surface area contributed by atoms with Crippen LogP contribution in [-0.2, 0) is 18.7 Å². The highest BCUT2D eigenvalue weighted by Gasteiger charge is 2.51. The van der Waals surface area contributed by atoms with E-state index >= 15 is 0 Å². The molecule has 1 N–H and O–H groups in total. The number of nitrogens with one attached hydrogen (secondary N) is 1. The minimum absolute atomic E-state index is 0.204. The Morgan fingerprint density at radius 1 is 1.12 bits per heavy atom. The number of rotatable bonds is 8. The van der Waals surface area contributed by atoms with E-state index in [4.69, 9.17) is 13.9 Å². The van der Waals surface area contributed by atoms with Gasteiger partial charge in [-0.3, -0.25) is 4.79 Å². The Hall–Kier alpha value is -2.90. The number of amides is 1. The van der Waals surface area contributed by atoms with E-state index in [-0.39, 0.29) is 11.6 Å². The van der Waals surface area contributed by atoms with Gasteiger partial charge in [0.05, 0.1) is 12.6 Å². The highest BCUT2D eigenvalue weighted by Crippen LogP contribution is 2.37. The molecule has 1 aliphatic rings. The number of alkyl carbamates (subject to hydrolysis) is 1. The van der Waals surface area contributed by atoms with Gasteiger partial charge in [0.1, 0.15) is 0 Å². The molecule has 2 aromatic rings. The predicted octanol–water partition coefficient (Wildman–Crippen LogP) is 3.16. The zero-order valence-electron chi connectivity index (χ0n) is 19.0. The van der Waals surface area contributed by atoms with Crippen LogP contribution in [0, 0.1) is 0 Å². The fourth-order valence-corrected chi connectivity index (χ4v) is 8.91. The van der Waals surface area contributed by atoms with Crippen LogP contribution in [-0.4, -0.2) is 45.2 Å².